The van der Waals surface area contributed by atoms with E-state index in [1.165, 1.54) is 0 Å². The van der Waals surface area contributed by atoms with Crippen molar-refractivity contribution in [3.8, 4) is 0 Å². The van der Waals surface area contributed by atoms with E-state index in [2.05, 4.69) is 10.1 Å². The van der Waals surface area contributed by atoms with Crippen LogP contribution in [0.4, 0.5) is 0 Å². The van der Waals surface area contributed by atoms with Crippen LogP contribution in [0.5, 0.6) is 0 Å². The number of aromatic nitrogens is 2. The molecule has 0 aliphatic rings. The Morgan fingerprint density at radius 3 is 2.72 bits per heavy atom. The third kappa shape index (κ3) is 3.53. The standard InChI is InChI=1S/C12H20N2O4/c1-5-7-16-8-9-13-10(18-14-9)12(3,4)11(15)17-6-2/h5-8H2,1-4H3. The van der Waals surface area contributed by atoms with Gasteiger partial charge in [-0.1, -0.05) is 12.1 Å². The van der Waals surface area contributed by atoms with Crippen LogP contribution in [0, 0.1) is 0 Å². The number of carbonyl (C=O) groups excluding carboxylic acids is 1. The first kappa shape index (κ1) is 14.6. The molecule has 1 rings (SSSR count). The summed E-state index contributed by atoms with van der Waals surface area (Å²) in [5, 5.41) is 3.78. The number of carbonyl (C=O) groups is 1. The van der Waals surface area contributed by atoms with Crippen molar-refractivity contribution < 1.29 is 18.8 Å². The molecule has 0 N–H and O–H groups in total. The van der Waals surface area contributed by atoms with Crippen molar-refractivity contribution in [3.05, 3.63) is 11.7 Å². The average molecular weight is 256 g/mol. The van der Waals surface area contributed by atoms with Gasteiger partial charge in [0.15, 0.2) is 5.82 Å². The van der Waals surface area contributed by atoms with Crippen LogP contribution in [0.15, 0.2) is 4.52 Å². The number of hydrogen-bond acceptors (Lipinski definition) is 6. The number of ether oxygens (including phenoxy) is 2. The lowest BCUT2D eigenvalue weighted by atomic mass is 9.94. The molecule has 0 spiro atoms. The molecule has 0 bridgehead atoms. The molecule has 102 valence electrons. The second kappa shape index (κ2) is 6.49. The molecule has 0 saturated heterocycles. The Balaban J connectivity index is 2.68. The summed E-state index contributed by atoms with van der Waals surface area (Å²) in [6.07, 6.45) is 0.930. The Hall–Kier alpha value is -1.43. The molecule has 0 aliphatic carbocycles. The molecule has 0 radical (unpaired) electrons. The number of hydrogen-bond donors (Lipinski definition) is 0. The molecule has 18 heavy (non-hydrogen) atoms. The monoisotopic (exact) mass is 256 g/mol. The van der Waals surface area contributed by atoms with Crippen LogP contribution in [-0.2, 0) is 26.3 Å². The van der Waals surface area contributed by atoms with E-state index in [1.807, 2.05) is 6.92 Å². The lowest BCUT2D eigenvalue weighted by Gasteiger charge is -2.16. The van der Waals surface area contributed by atoms with Gasteiger partial charge in [-0.2, -0.15) is 4.98 Å². The number of rotatable bonds is 7. The highest BCUT2D eigenvalue weighted by Gasteiger charge is 2.37. The van der Waals surface area contributed by atoms with Crippen molar-refractivity contribution in [3.63, 3.8) is 0 Å². The predicted molar refractivity (Wildman–Crippen MR) is 63.9 cm³/mol. The first-order valence-corrected chi connectivity index (χ1v) is 6.10. The SMILES string of the molecule is CCCOCc1noc(C(C)(C)C(=O)OCC)n1. The molecule has 0 atom stereocenters. The van der Waals surface area contributed by atoms with E-state index < -0.39 is 5.41 Å². The van der Waals surface area contributed by atoms with Crippen molar-refractivity contribution in [1.82, 2.24) is 10.1 Å². The molecule has 1 aromatic heterocycles. The van der Waals surface area contributed by atoms with Gasteiger partial charge in [-0.3, -0.25) is 4.79 Å². The summed E-state index contributed by atoms with van der Waals surface area (Å²) in [7, 11) is 0. The fourth-order valence-corrected chi connectivity index (χ4v) is 1.27. The summed E-state index contributed by atoms with van der Waals surface area (Å²) in [5.74, 6) is 0.307. The molecule has 6 heteroatoms. The van der Waals surface area contributed by atoms with Gasteiger partial charge in [-0.05, 0) is 27.2 Å². The second-order valence-corrected chi connectivity index (χ2v) is 4.41. The number of nitrogens with zero attached hydrogens (tertiary/aromatic N) is 2. The van der Waals surface area contributed by atoms with Gasteiger partial charge < -0.3 is 14.0 Å². The molecular weight excluding hydrogens is 236 g/mol. The van der Waals surface area contributed by atoms with Gasteiger partial charge in [0.05, 0.1) is 6.61 Å². The average Bonchev–Trinajstić information content (AvgIpc) is 2.79. The minimum Gasteiger partial charge on any atom is -0.465 e. The Kier molecular flexibility index (Phi) is 5.27. The van der Waals surface area contributed by atoms with Crippen molar-refractivity contribution >= 4 is 5.97 Å². The highest BCUT2D eigenvalue weighted by molar-refractivity contribution is 5.80. The van der Waals surface area contributed by atoms with Gasteiger partial charge in [-0.15, -0.1) is 0 Å². The second-order valence-electron chi connectivity index (χ2n) is 4.41. The van der Waals surface area contributed by atoms with Gasteiger partial charge in [-0.25, -0.2) is 0 Å². The maximum Gasteiger partial charge on any atom is 0.321 e. The first-order chi connectivity index (χ1) is 8.52. The van der Waals surface area contributed by atoms with Crippen molar-refractivity contribution in [1.29, 1.82) is 0 Å². The Morgan fingerprint density at radius 1 is 1.39 bits per heavy atom. The fourth-order valence-electron chi connectivity index (χ4n) is 1.27. The van der Waals surface area contributed by atoms with Crippen LogP contribution >= 0.6 is 0 Å². The topological polar surface area (TPSA) is 74.5 Å². The van der Waals surface area contributed by atoms with E-state index in [1.54, 1.807) is 20.8 Å². The molecule has 6 nitrogen and oxygen atoms in total. The molecular formula is C12H20N2O4. The van der Waals surface area contributed by atoms with Crippen LogP contribution in [0.3, 0.4) is 0 Å². The summed E-state index contributed by atoms with van der Waals surface area (Å²) in [5.41, 5.74) is -0.938. The third-order valence-electron chi connectivity index (χ3n) is 2.37. The zero-order valence-electron chi connectivity index (χ0n) is 11.4. The van der Waals surface area contributed by atoms with Crippen LogP contribution in [0.2, 0.25) is 0 Å². The maximum atomic E-state index is 11.8. The molecule has 0 amide bonds. The van der Waals surface area contributed by atoms with E-state index in [9.17, 15) is 4.79 Å². The lowest BCUT2D eigenvalue weighted by Crippen LogP contribution is -2.31. The largest absolute Gasteiger partial charge is 0.465 e. The molecule has 0 fully saturated rings. The predicted octanol–water partition coefficient (Wildman–Crippen LogP) is 1.84. The smallest absolute Gasteiger partial charge is 0.321 e. The first-order valence-electron chi connectivity index (χ1n) is 6.10. The summed E-state index contributed by atoms with van der Waals surface area (Å²) in [6, 6.07) is 0. The molecule has 0 aliphatic heterocycles. The summed E-state index contributed by atoms with van der Waals surface area (Å²) >= 11 is 0. The normalized spacial score (nSPS) is 11.6. The van der Waals surface area contributed by atoms with E-state index in [-0.39, 0.29) is 18.5 Å². The molecule has 1 heterocycles. The van der Waals surface area contributed by atoms with E-state index in [4.69, 9.17) is 14.0 Å². The van der Waals surface area contributed by atoms with Gasteiger partial charge in [0.25, 0.3) is 0 Å². The van der Waals surface area contributed by atoms with Crippen LogP contribution in [-0.4, -0.2) is 29.3 Å². The summed E-state index contributed by atoms with van der Waals surface area (Å²) in [4.78, 5) is 15.9. The number of esters is 1. The highest BCUT2D eigenvalue weighted by atomic mass is 16.5. The van der Waals surface area contributed by atoms with Crippen molar-refractivity contribution in [2.24, 2.45) is 0 Å². The van der Waals surface area contributed by atoms with Gasteiger partial charge in [0.2, 0.25) is 5.89 Å². The summed E-state index contributed by atoms with van der Waals surface area (Å²) in [6.45, 7) is 8.41. The Labute approximate surface area is 107 Å². The quantitative estimate of drug-likeness (QED) is 0.547. The van der Waals surface area contributed by atoms with E-state index in [0.717, 1.165) is 6.42 Å². The van der Waals surface area contributed by atoms with E-state index in [0.29, 0.717) is 19.0 Å². The zero-order valence-corrected chi connectivity index (χ0v) is 11.4. The minimum absolute atomic E-state index is 0.246. The third-order valence-corrected chi connectivity index (χ3v) is 2.37. The van der Waals surface area contributed by atoms with Crippen LogP contribution in [0.1, 0.15) is 45.8 Å². The molecule has 0 saturated carbocycles. The maximum absolute atomic E-state index is 11.8. The Bertz CT molecular complexity index is 387. The van der Waals surface area contributed by atoms with Gasteiger partial charge in [0.1, 0.15) is 12.0 Å². The van der Waals surface area contributed by atoms with Crippen LogP contribution < -0.4 is 0 Å². The fraction of sp³-hybridized carbons (Fsp3) is 0.750. The highest BCUT2D eigenvalue weighted by Crippen LogP contribution is 2.23. The minimum atomic E-state index is -0.938. The van der Waals surface area contributed by atoms with Gasteiger partial charge in [0, 0.05) is 6.61 Å². The van der Waals surface area contributed by atoms with E-state index >= 15 is 0 Å². The zero-order chi connectivity index (χ0) is 13.6. The molecule has 0 unspecified atom stereocenters. The van der Waals surface area contributed by atoms with Gasteiger partial charge >= 0.3 is 5.97 Å². The lowest BCUT2D eigenvalue weighted by molar-refractivity contribution is -0.149. The summed E-state index contributed by atoms with van der Waals surface area (Å²) < 4.78 is 15.4. The molecule has 0 aromatic carbocycles. The van der Waals surface area contributed by atoms with Crippen LogP contribution in [0.25, 0.3) is 0 Å². The van der Waals surface area contributed by atoms with Crippen molar-refractivity contribution in [2.45, 2.75) is 46.1 Å². The Morgan fingerprint density at radius 2 is 2.11 bits per heavy atom. The molecule has 1 aromatic rings. The van der Waals surface area contributed by atoms with Crippen molar-refractivity contribution in [2.75, 3.05) is 13.2 Å².